The molecule has 0 bridgehead atoms. The summed E-state index contributed by atoms with van der Waals surface area (Å²) in [7, 11) is -3.42. The fourth-order valence-corrected chi connectivity index (χ4v) is 3.82. The number of benzene rings is 2. The van der Waals surface area contributed by atoms with Gasteiger partial charge in [0.15, 0.2) is 0 Å². The summed E-state index contributed by atoms with van der Waals surface area (Å²) in [5.74, 6) is 0. The predicted molar refractivity (Wildman–Crippen MR) is 95.9 cm³/mol. The number of nitrogens with zero attached hydrogens (tertiary/aromatic N) is 2. The molecule has 4 nitrogen and oxygen atoms in total. The van der Waals surface area contributed by atoms with Crippen molar-refractivity contribution in [3.8, 4) is 0 Å². The first-order valence-electron chi connectivity index (χ1n) is 7.24. The van der Waals surface area contributed by atoms with Gasteiger partial charge < -0.3 is 0 Å². The van der Waals surface area contributed by atoms with Gasteiger partial charge in [-0.15, -0.1) is 0 Å². The number of aryl methyl sites for hydroxylation is 1. The molecule has 0 saturated carbocycles. The molecule has 1 atom stereocenters. The van der Waals surface area contributed by atoms with Gasteiger partial charge in [0.1, 0.15) is 0 Å². The summed E-state index contributed by atoms with van der Waals surface area (Å²) in [6, 6.07) is 15.4. The molecule has 0 aromatic heterocycles. The Balaban J connectivity index is 1.99. The fourth-order valence-electron chi connectivity index (χ4n) is 2.65. The average molecular weight is 393 g/mol. The van der Waals surface area contributed by atoms with E-state index in [1.807, 2.05) is 55.5 Å². The second-order valence-corrected chi connectivity index (χ2v) is 8.48. The zero-order valence-electron chi connectivity index (χ0n) is 12.9. The summed E-state index contributed by atoms with van der Waals surface area (Å²) in [4.78, 5) is 0. The van der Waals surface area contributed by atoms with Gasteiger partial charge in [0, 0.05) is 10.9 Å². The van der Waals surface area contributed by atoms with Crippen LogP contribution >= 0.6 is 15.9 Å². The Kier molecular flexibility index (Phi) is 4.29. The molecule has 0 amide bonds. The Morgan fingerprint density at radius 3 is 2.26 bits per heavy atom. The highest BCUT2D eigenvalue weighted by Gasteiger charge is 2.34. The van der Waals surface area contributed by atoms with Crippen LogP contribution in [0.2, 0.25) is 0 Å². The largest absolute Gasteiger partial charge is 0.247 e. The van der Waals surface area contributed by atoms with Crippen molar-refractivity contribution in [3.05, 3.63) is 69.7 Å². The zero-order valence-corrected chi connectivity index (χ0v) is 15.3. The Morgan fingerprint density at radius 2 is 1.70 bits per heavy atom. The molecule has 2 aromatic carbocycles. The number of rotatable bonds is 3. The van der Waals surface area contributed by atoms with Crippen molar-refractivity contribution in [3.63, 3.8) is 0 Å². The van der Waals surface area contributed by atoms with E-state index in [0.717, 1.165) is 26.9 Å². The minimum absolute atomic E-state index is 0.288. The van der Waals surface area contributed by atoms with Crippen LogP contribution in [0.1, 0.15) is 29.2 Å². The maximum Gasteiger partial charge on any atom is 0.247 e. The van der Waals surface area contributed by atoms with Crippen LogP contribution in [0.5, 0.6) is 0 Å². The van der Waals surface area contributed by atoms with Crippen LogP contribution in [0.15, 0.2) is 58.1 Å². The first-order valence-corrected chi connectivity index (χ1v) is 9.88. The summed E-state index contributed by atoms with van der Waals surface area (Å²) in [6.07, 6.45) is 1.76. The van der Waals surface area contributed by atoms with Crippen molar-refractivity contribution in [1.82, 2.24) is 4.41 Å². The number of sulfonamides is 1. The third-order valence-electron chi connectivity index (χ3n) is 3.85. The lowest BCUT2D eigenvalue weighted by molar-refractivity contribution is 0.375. The Hall–Kier alpha value is -1.66. The van der Waals surface area contributed by atoms with E-state index in [9.17, 15) is 8.42 Å². The van der Waals surface area contributed by atoms with Crippen molar-refractivity contribution < 1.29 is 8.42 Å². The molecule has 0 spiro atoms. The maximum atomic E-state index is 12.1. The van der Waals surface area contributed by atoms with Crippen molar-refractivity contribution >= 4 is 31.7 Å². The van der Waals surface area contributed by atoms with Crippen molar-refractivity contribution in [2.75, 3.05) is 6.26 Å². The van der Waals surface area contributed by atoms with Crippen LogP contribution in [-0.2, 0) is 10.0 Å². The van der Waals surface area contributed by atoms with Crippen LogP contribution in [0.3, 0.4) is 0 Å². The van der Waals surface area contributed by atoms with Gasteiger partial charge in [-0.3, -0.25) is 0 Å². The van der Waals surface area contributed by atoms with Crippen molar-refractivity contribution in [2.45, 2.75) is 19.4 Å². The number of hydrogen-bond donors (Lipinski definition) is 0. The Labute approximate surface area is 145 Å². The fraction of sp³-hybridized carbons (Fsp3) is 0.235. The van der Waals surface area contributed by atoms with E-state index >= 15 is 0 Å². The molecule has 23 heavy (non-hydrogen) atoms. The van der Waals surface area contributed by atoms with Crippen LogP contribution < -0.4 is 0 Å². The van der Waals surface area contributed by atoms with E-state index in [1.54, 1.807) is 0 Å². The van der Waals surface area contributed by atoms with E-state index in [-0.39, 0.29) is 6.04 Å². The monoisotopic (exact) mass is 392 g/mol. The molecule has 1 aliphatic heterocycles. The van der Waals surface area contributed by atoms with Gasteiger partial charge in [-0.05, 0) is 30.2 Å². The molecular formula is C17H17BrN2O2S. The van der Waals surface area contributed by atoms with Gasteiger partial charge in [-0.25, -0.2) is 8.42 Å². The molecule has 0 fully saturated rings. The zero-order chi connectivity index (χ0) is 16.6. The molecule has 1 aliphatic rings. The van der Waals surface area contributed by atoms with E-state index in [4.69, 9.17) is 0 Å². The van der Waals surface area contributed by atoms with Crippen LogP contribution in [0.4, 0.5) is 0 Å². The molecule has 0 saturated heterocycles. The van der Waals surface area contributed by atoms with Crippen molar-refractivity contribution in [1.29, 1.82) is 0 Å². The van der Waals surface area contributed by atoms with E-state index in [1.165, 1.54) is 10.7 Å². The Bertz CT molecular complexity index is 843. The van der Waals surface area contributed by atoms with Gasteiger partial charge in [-0.2, -0.15) is 9.52 Å². The molecule has 3 rings (SSSR count). The average Bonchev–Trinajstić information content (AvgIpc) is 2.94. The summed E-state index contributed by atoms with van der Waals surface area (Å²) in [6.45, 7) is 2.01. The minimum Gasteiger partial charge on any atom is -0.205 e. The third-order valence-corrected chi connectivity index (χ3v) is 5.40. The molecule has 2 aromatic rings. The maximum absolute atomic E-state index is 12.1. The third kappa shape index (κ3) is 3.48. The lowest BCUT2D eigenvalue weighted by Crippen LogP contribution is -2.25. The molecular weight excluding hydrogens is 376 g/mol. The summed E-state index contributed by atoms with van der Waals surface area (Å²) < 4.78 is 26.5. The SMILES string of the molecule is Cc1ccc(C2CC(c3ccc(Br)cc3)=NN2S(C)(=O)=O)cc1. The van der Waals surface area contributed by atoms with E-state index < -0.39 is 10.0 Å². The standard InChI is InChI=1S/C17H17BrN2O2S/c1-12-3-5-14(6-4-12)17-11-16(19-20(17)23(2,21)22)13-7-9-15(18)10-8-13/h3-10,17H,11H2,1-2H3. The molecule has 1 unspecified atom stereocenters. The van der Waals surface area contributed by atoms with Gasteiger partial charge in [0.2, 0.25) is 10.0 Å². The lowest BCUT2D eigenvalue weighted by Gasteiger charge is -2.21. The summed E-state index contributed by atoms with van der Waals surface area (Å²) >= 11 is 3.41. The van der Waals surface area contributed by atoms with E-state index in [2.05, 4.69) is 21.0 Å². The quantitative estimate of drug-likeness (QED) is 0.795. The normalized spacial score (nSPS) is 18.1. The minimum atomic E-state index is -3.42. The molecule has 1 heterocycles. The lowest BCUT2D eigenvalue weighted by atomic mass is 9.98. The molecule has 0 aliphatic carbocycles. The first kappa shape index (κ1) is 16.2. The molecule has 0 radical (unpaired) electrons. The van der Waals surface area contributed by atoms with Crippen molar-refractivity contribution in [2.24, 2.45) is 5.10 Å². The van der Waals surface area contributed by atoms with Gasteiger partial charge in [0.25, 0.3) is 0 Å². The van der Waals surface area contributed by atoms with Gasteiger partial charge in [0.05, 0.1) is 18.0 Å². The number of hydrogen-bond acceptors (Lipinski definition) is 3. The van der Waals surface area contributed by atoms with Gasteiger partial charge in [-0.1, -0.05) is 57.9 Å². The molecule has 0 N–H and O–H groups in total. The predicted octanol–water partition coefficient (Wildman–Crippen LogP) is 3.87. The first-order chi connectivity index (χ1) is 10.8. The number of halogens is 1. The highest BCUT2D eigenvalue weighted by Crippen LogP contribution is 2.34. The topological polar surface area (TPSA) is 49.7 Å². The smallest absolute Gasteiger partial charge is 0.205 e. The summed E-state index contributed by atoms with van der Waals surface area (Å²) in [5.41, 5.74) is 3.83. The second-order valence-electron chi connectivity index (χ2n) is 5.72. The van der Waals surface area contributed by atoms with Crippen LogP contribution in [0, 0.1) is 6.92 Å². The molecule has 6 heteroatoms. The van der Waals surface area contributed by atoms with E-state index in [0.29, 0.717) is 6.42 Å². The van der Waals surface area contributed by atoms with Crippen LogP contribution in [-0.4, -0.2) is 24.8 Å². The molecule has 120 valence electrons. The second kappa shape index (κ2) is 6.09. The highest BCUT2D eigenvalue weighted by molar-refractivity contribution is 9.10. The highest BCUT2D eigenvalue weighted by atomic mass is 79.9. The number of hydrazone groups is 1. The Morgan fingerprint density at radius 1 is 1.09 bits per heavy atom. The summed E-state index contributed by atoms with van der Waals surface area (Å²) in [5, 5.41) is 4.39. The van der Waals surface area contributed by atoms with Gasteiger partial charge >= 0.3 is 0 Å². The van der Waals surface area contributed by atoms with Crippen LogP contribution in [0.25, 0.3) is 0 Å².